The molecule has 0 saturated carbocycles. The fraction of sp³-hybridized carbons (Fsp3) is 0.944. The second kappa shape index (κ2) is 14.0. The van der Waals surface area contributed by atoms with Crippen LogP contribution in [0.1, 0.15) is 41.0 Å². The van der Waals surface area contributed by atoms with Gasteiger partial charge in [-0.05, 0) is 33.1 Å². The highest BCUT2D eigenvalue weighted by molar-refractivity contribution is 14.0. The number of morpholine rings is 1. The highest BCUT2D eigenvalue weighted by Crippen LogP contribution is 2.11. The summed E-state index contributed by atoms with van der Waals surface area (Å²) in [5, 5.41) is 6.84. The first-order chi connectivity index (χ1) is 11.5. The van der Waals surface area contributed by atoms with Crippen molar-refractivity contribution in [2.24, 2.45) is 10.9 Å². The molecule has 25 heavy (non-hydrogen) atoms. The Kier molecular flexibility index (Phi) is 13.9. The molecule has 0 aromatic heterocycles. The topological polar surface area (TPSA) is 58.1 Å². The van der Waals surface area contributed by atoms with E-state index in [1.165, 1.54) is 0 Å². The zero-order chi connectivity index (χ0) is 17.9. The van der Waals surface area contributed by atoms with E-state index in [-0.39, 0.29) is 24.0 Å². The van der Waals surface area contributed by atoms with E-state index in [1.807, 2.05) is 7.05 Å². The Balaban J connectivity index is 0.00000576. The molecule has 1 aliphatic rings. The van der Waals surface area contributed by atoms with Gasteiger partial charge in [-0.1, -0.05) is 13.8 Å². The Bertz CT molecular complexity index is 369. The summed E-state index contributed by atoms with van der Waals surface area (Å²) in [5.74, 6) is 1.39. The predicted octanol–water partition coefficient (Wildman–Crippen LogP) is 2.33. The minimum absolute atomic E-state index is 0. The molecule has 3 unspecified atom stereocenters. The molecular formula is C18H39IN4O2. The van der Waals surface area contributed by atoms with Crippen LogP contribution in [0.4, 0.5) is 0 Å². The number of nitrogens with zero attached hydrogens (tertiary/aromatic N) is 2. The maximum absolute atomic E-state index is 5.79. The van der Waals surface area contributed by atoms with Crippen molar-refractivity contribution >= 4 is 29.9 Å². The van der Waals surface area contributed by atoms with E-state index in [4.69, 9.17) is 9.47 Å². The van der Waals surface area contributed by atoms with Gasteiger partial charge in [0.25, 0.3) is 0 Å². The van der Waals surface area contributed by atoms with Crippen LogP contribution in [-0.4, -0.2) is 75.5 Å². The van der Waals surface area contributed by atoms with Gasteiger partial charge in [-0.25, -0.2) is 0 Å². The SMILES string of the molecule is CCOC(CCNC(=NC)NCC(C)N1CCOCC1C)C(C)C.I. The predicted molar refractivity (Wildman–Crippen MR) is 116 cm³/mol. The number of aliphatic imine (C=N–C) groups is 1. The first-order valence-corrected chi connectivity index (χ1v) is 9.39. The van der Waals surface area contributed by atoms with E-state index >= 15 is 0 Å². The van der Waals surface area contributed by atoms with Gasteiger partial charge >= 0.3 is 0 Å². The fourth-order valence-corrected chi connectivity index (χ4v) is 3.13. The minimum Gasteiger partial charge on any atom is -0.379 e. The van der Waals surface area contributed by atoms with Crippen LogP contribution < -0.4 is 10.6 Å². The van der Waals surface area contributed by atoms with E-state index in [0.717, 1.165) is 51.8 Å². The lowest BCUT2D eigenvalue weighted by atomic mass is 10.0. The van der Waals surface area contributed by atoms with Crippen molar-refractivity contribution in [3.05, 3.63) is 0 Å². The van der Waals surface area contributed by atoms with Gasteiger partial charge in [0.05, 0.1) is 19.3 Å². The van der Waals surface area contributed by atoms with Gasteiger partial charge in [0.2, 0.25) is 0 Å². The summed E-state index contributed by atoms with van der Waals surface area (Å²) >= 11 is 0. The largest absolute Gasteiger partial charge is 0.379 e. The summed E-state index contributed by atoms with van der Waals surface area (Å²) in [4.78, 5) is 6.82. The van der Waals surface area contributed by atoms with Crippen LogP contribution in [0, 0.1) is 5.92 Å². The lowest BCUT2D eigenvalue weighted by molar-refractivity contribution is -0.0174. The lowest BCUT2D eigenvalue weighted by Gasteiger charge is -2.38. The van der Waals surface area contributed by atoms with Gasteiger partial charge < -0.3 is 20.1 Å². The summed E-state index contributed by atoms with van der Waals surface area (Å²) in [6.07, 6.45) is 1.29. The van der Waals surface area contributed by atoms with Crippen molar-refractivity contribution < 1.29 is 9.47 Å². The Morgan fingerprint density at radius 1 is 1.32 bits per heavy atom. The molecule has 150 valence electrons. The average molecular weight is 470 g/mol. The van der Waals surface area contributed by atoms with Crippen LogP contribution in [0.2, 0.25) is 0 Å². The third-order valence-electron chi connectivity index (χ3n) is 4.62. The standard InChI is InChI=1S/C18H38N4O2.HI/c1-7-24-17(14(2)3)8-9-20-18(19-6)21-12-15(4)22-10-11-23-13-16(22)5;/h14-17H,7-13H2,1-6H3,(H2,19,20,21);1H. The molecule has 7 heteroatoms. The Morgan fingerprint density at radius 2 is 2.04 bits per heavy atom. The quantitative estimate of drug-likeness (QED) is 0.308. The first-order valence-electron chi connectivity index (χ1n) is 9.39. The number of rotatable bonds is 9. The van der Waals surface area contributed by atoms with Gasteiger partial charge in [-0.3, -0.25) is 9.89 Å². The molecule has 2 N–H and O–H groups in total. The number of ether oxygens (including phenoxy) is 2. The molecule has 0 aromatic carbocycles. The van der Waals surface area contributed by atoms with Gasteiger partial charge in [0, 0.05) is 45.4 Å². The van der Waals surface area contributed by atoms with Crippen LogP contribution in [0.15, 0.2) is 4.99 Å². The Labute approximate surface area is 171 Å². The molecule has 0 bridgehead atoms. The van der Waals surface area contributed by atoms with Crippen LogP contribution in [0.5, 0.6) is 0 Å². The molecule has 1 fully saturated rings. The third kappa shape index (κ3) is 9.40. The van der Waals surface area contributed by atoms with E-state index in [9.17, 15) is 0 Å². The van der Waals surface area contributed by atoms with Crippen molar-refractivity contribution in [1.29, 1.82) is 0 Å². The molecule has 0 spiro atoms. The van der Waals surface area contributed by atoms with Gasteiger partial charge in [0.1, 0.15) is 0 Å². The number of guanidine groups is 1. The molecule has 1 saturated heterocycles. The highest BCUT2D eigenvalue weighted by Gasteiger charge is 2.23. The molecule has 0 aliphatic carbocycles. The van der Waals surface area contributed by atoms with Crippen LogP contribution in [0.3, 0.4) is 0 Å². The molecule has 6 nitrogen and oxygen atoms in total. The van der Waals surface area contributed by atoms with Gasteiger partial charge in [0.15, 0.2) is 5.96 Å². The number of hydrogen-bond donors (Lipinski definition) is 2. The molecule has 0 aromatic rings. The molecule has 3 atom stereocenters. The van der Waals surface area contributed by atoms with Gasteiger partial charge in [-0.15, -0.1) is 24.0 Å². The summed E-state index contributed by atoms with van der Waals surface area (Å²) in [6, 6.07) is 0.929. The zero-order valence-corrected chi connectivity index (χ0v) is 19.2. The number of halogens is 1. The van der Waals surface area contributed by atoms with Crippen molar-refractivity contribution in [3.8, 4) is 0 Å². The highest BCUT2D eigenvalue weighted by atomic mass is 127. The van der Waals surface area contributed by atoms with Crippen LogP contribution in [0.25, 0.3) is 0 Å². The maximum Gasteiger partial charge on any atom is 0.191 e. The van der Waals surface area contributed by atoms with E-state index in [2.05, 4.69) is 55.1 Å². The third-order valence-corrected chi connectivity index (χ3v) is 4.62. The molecule has 0 amide bonds. The molecular weight excluding hydrogens is 431 g/mol. The Hall–Kier alpha value is -0.120. The summed E-state index contributed by atoms with van der Waals surface area (Å²) < 4.78 is 11.3. The van der Waals surface area contributed by atoms with Crippen molar-refractivity contribution in [2.75, 3.05) is 46.5 Å². The molecule has 1 rings (SSSR count). The molecule has 1 heterocycles. The first kappa shape index (κ1) is 24.9. The average Bonchev–Trinajstić information content (AvgIpc) is 2.56. The zero-order valence-electron chi connectivity index (χ0n) is 16.9. The summed E-state index contributed by atoms with van der Waals surface area (Å²) in [6.45, 7) is 16.1. The second-order valence-electron chi connectivity index (χ2n) is 6.92. The van der Waals surface area contributed by atoms with Gasteiger partial charge in [-0.2, -0.15) is 0 Å². The van der Waals surface area contributed by atoms with Crippen molar-refractivity contribution in [1.82, 2.24) is 15.5 Å². The summed E-state index contributed by atoms with van der Waals surface area (Å²) in [5.41, 5.74) is 0. The van der Waals surface area contributed by atoms with Crippen molar-refractivity contribution in [3.63, 3.8) is 0 Å². The van der Waals surface area contributed by atoms with Crippen LogP contribution >= 0.6 is 24.0 Å². The fourth-order valence-electron chi connectivity index (χ4n) is 3.13. The van der Waals surface area contributed by atoms with E-state index in [0.29, 0.717) is 24.1 Å². The Morgan fingerprint density at radius 3 is 2.60 bits per heavy atom. The smallest absolute Gasteiger partial charge is 0.191 e. The molecule has 0 radical (unpaired) electrons. The van der Waals surface area contributed by atoms with Crippen molar-refractivity contribution in [2.45, 2.75) is 59.2 Å². The van der Waals surface area contributed by atoms with Crippen LogP contribution in [-0.2, 0) is 9.47 Å². The summed E-state index contributed by atoms with van der Waals surface area (Å²) in [7, 11) is 1.82. The normalized spacial score (nSPS) is 21.6. The molecule has 1 aliphatic heterocycles. The minimum atomic E-state index is 0. The number of hydrogen-bond acceptors (Lipinski definition) is 4. The second-order valence-corrected chi connectivity index (χ2v) is 6.92. The van der Waals surface area contributed by atoms with E-state index in [1.54, 1.807) is 0 Å². The number of nitrogens with one attached hydrogen (secondary N) is 2. The maximum atomic E-state index is 5.79. The van der Waals surface area contributed by atoms with E-state index < -0.39 is 0 Å². The lowest BCUT2D eigenvalue weighted by Crippen LogP contribution is -2.53. The monoisotopic (exact) mass is 470 g/mol.